The van der Waals surface area contributed by atoms with Crippen molar-refractivity contribution in [1.29, 1.82) is 0 Å². The molecule has 2 fully saturated rings. The fourth-order valence-electron chi connectivity index (χ4n) is 3.62. The summed E-state index contributed by atoms with van der Waals surface area (Å²) in [4.78, 5) is 31.3. The topological polar surface area (TPSA) is 68.7 Å². The molecule has 2 aliphatic heterocycles. The summed E-state index contributed by atoms with van der Waals surface area (Å²) in [6.45, 7) is 6.51. The van der Waals surface area contributed by atoms with Crippen LogP contribution in [0, 0.1) is 5.92 Å². The maximum Gasteiger partial charge on any atom is 0.410 e. The smallest absolute Gasteiger partial charge is 0.410 e. The number of fused-ring (bicyclic) bond motifs is 2. The second kappa shape index (κ2) is 7.12. The van der Waals surface area contributed by atoms with Crippen LogP contribution in [0.25, 0.3) is 0 Å². The number of carbonyl (C=O) groups excluding carboxylic acids is 2. The predicted octanol–water partition coefficient (Wildman–Crippen LogP) is 2.61. The molecule has 0 aromatic carbocycles. The SMILES string of the molecule is CC(C)(C)OC(=O)N1C2COCC1CC(C(=O)Cc1ccccn1)C2. The third-order valence-electron chi connectivity index (χ3n) is 4.66. The normalized spacial score (nSPS) is 26.2. The summed E-state index contributed by atoms with van der Waals surface area (Å²) < 4.78 is 11.2. The fourth-order valence-corrected chi connectivity index (χ4v) is 3.62. The van der Waals surface area contributed by atoms with E-state index in [4.69, 9.17) is 9.47 Å². The molecule has 2 atom stereocenters. The van der Waals surface area contributed by atoms with Crippen molar-refractivity contribution in [3.8, 4) is 0 Å². The molecule has 1 aromatic rings. The molecule has 0 saturated carbocycles. The van der Waals surface area contributed by atoms with Gasteiger partial charge in [-0.15, -0.1) is 0 Å². The minimum atomic E-state index is -0.530. The van der Waals surface area contributed by atoms with Crippen LogP contribution in [0.2, 0.25) is 0 Å². The van der Waals surface area contributed by atoms with Crippen molar-refractivity contribution in [2.45, 2.75) is 57.7 Å². The predicted molar refractivity (Wildman–Crippen MR) is 92.1 cm³/mol. The average Bonchev–Trinajstić information content (AvgIpc) is 2.52. The van der Waals surface area contributed by atoms with E-state index < -0.39 is 5.60 Å². The van der Waals surface area contributed by atoms with E-state index in [9.17, 15) is 9.59 Å². The van der Waals surface area contributed by atoms with Crippen molar-refractivity contribution >= 4 is 11.9 Å². The lowest BCUT2D eigenvalue weighted by atomic mass is 9.81. The number of carbonyl (C=O) groups is 2. The summed E-state index contributed by atoms with van der Waals surface area (Å²) in [5, 5.41) is 0. The van der Waals surface area contributed by atoms with Crippen molar-refractivity contribution < 1.29 is 19.1 Å². The summed E-state index contributed by atoms with van der Waals surface area (Å²) in [6, 6.07) is 5.41. The second-order valence-electron chi connectivity index (χ2n) is 7.87. The summed E-state index contributed by atoms with van der Waals surface area (Å²) in [5.74, 6) is 0.138. The second-order valence-corrected chi connectivity index (χ2v) is 7.87. The molecule has 0 spiro atoms. The zero-order valence-corrected chi connectivity index (χ0v) is 15.1. The van der Waals surface area contributed by atoms with Gasteiger partial charge in [-0.1, -0.05) is 6.07 Å². The van der Waals surface area contributed by atoms with Gasteiger partial charge in [-0.05, 0) is 45.7 Å². The number of piperidine rings is 1. The number of ketones is 1. The van der Waals surface area contributed by atoms with Gasteiger partial charge in [-0.2, -0.15) is 0 Å². The number of aromatic nitrogens is 1. The number of amides is 1. The summed E-state index contributed by atoms with van der Waals surface area (Å²) in [7, 11) is 0. The largest absolute Gasteiger partial charge is 0.444 e. The molecule has 25 heavy (non-hydrogen) atoms. The van der Waals surface area contributed by atoms with Crippen molar-refractivity contribution in [2.75, 3.05) is 13.2 Å². The third-order valence-corrected chi connectivity index (χ3v) is 4.66. The molecule has 1 aromatic heterocycles. The Labute approximate surface area is 148 Å². The molecule has 0 radical (unpaired) electrons. The van der Waals surface area contributed by atoms with Crippen molar-refractivity contribution in [1.82, 2.24) is 9.88 Å². The van der Waals surface area contributed by atoms with E-state index >= 15 is 0 Å². The summed E-state index contributed by atoms with van der Waals surface area (Å²) in [5.41, 5.74) is 0.265. The van der Waals surface area contributed by atoms with E-state index in [0.717, 1.165) is 5.69 Å². The first-order chi connectivity index (χ1) is 11.8. The highest BCUT2D eigenvalue weighted by atomic mass is 16.6. The Morgan fingerprint density at radius 2 is 1.92 bits per heavy atom. The van der Waals surface area contributed by atoms with Crippen molar-refractivity contribution in [2.24, 2.45) is 5.92 Å². The Morgan fingerprint density at radius 1 is 1.24 bits per heavy atom. The van der Waals surface area contributed by atoms with Crippen LogP contribution < -0.4 is 0 Å². The van der Waals surface area contributed by atoms with Crippen LogP contribution >= 0.6 is 0 Å². The molecular weight excluding hydrogens is 320 g/mol. The average molecular weight is 346 g/mol. The highest BCUT2D eigenvalue weighted by Gasteiger charge is 2.44. The van der Waals surface area contributed by atoms with Crippen LogP contribution in [0.5, 0.6) is 0 Å². The molecule has 2 saturated heterocycles. The molecule has 1 amide bonds. The van der Waals surface area contributed by atoms with Gasteiger partial charge in [0.05, 0.1) is 25.3 Å². The van der Waals surface area contributed by atoms with Gasteiger partial charge in [0.15, 0.2) is 0 Å². The third kappa shape index (κ3) is 4.37. The molecule has 2 bridgehead atoms. The Hall–Kier alpha value is -1.95. The minimum absolute atomic E-state index is 0.0559. The van der Waals surface area contributed by atoms with Crippen LogP contribution in [0.4, 0.5) is 4.79 Å². The molecule has 3 heterocycles. The van der Waals surface area contributed by atoms with Crippen LogP contribution in [0.1, 0.15) is 39.3 Å². The monoisotopic (exact) mass is 346 g/mol. The van der Waals surface area contributed by atoms with Crippen LogP contribution in [-0.4, -0.2) is 52.7 Å². The van der Waals surface area contributed by atoms with Gasteiger partial charge < -0.3 is 9.47 Å². The van der Waals surface area contributed by atoms with Gasteiger partial charge in [0.1, 0.15) is 11.4 Å². The first-order valence-corrected chi connectivity index (χ1v) is 8.85. The number of hydrogen-bond acceptors (Lipinski definition) is 5. The van der Waals surface area contributed by atoms with Gasteiger partial charge in [-0.3, -0.25) is 14.7 Å². The standard InChI is InChI=1S/C19H26N2O4/c1-19(2,3)25-18(23)21-15-8-13(9-16(21)12-24-11-15)17(22)10-14-6-4-5-7-20-14/h4-7,13,15-16H,8-12H2,1-3H3. The van der Waals surface area contributed by atoms with E-state index in [0.29, 0.717) is 32.5 Å². The van der Waals surface area contributed by atoms with E-state index in [1.807, 2.05) is 39.0 Å². The van der Waals surface area contributed by atoms with E-state index in [-0.39, 0.29) is 29.9 Å². The van der Waals surface area contributed by atoms with Gasteiger partial charge in [-0.25, -0.2) is 4.79 Å². The molecule has 136 valence electrons. The highest BCUT2D eigenvalue weighted by molar-refractivity contribution is 5.83. The Bertz CT molecular complexity index is 612. The molecule has 0 aliphatic carbocycles. The van der Waals surface area contributed by atoms with Crippen molar-refractivity contribution in [3.05, 3.63) is 30.1 Å². The van der Waals surface area contributed by atoms with Gasteiger partial charge in [0, 0.05) is 24.2 Å². The Kier molecular flexibility index (Phi) is 5.08. The van der Waals surface area contributed by atoms with E-state index in [1.54, 1.807) is 11.1 Å². The highest BCUT2D eigenvalue weighted by Crippen LogP contribution is 2.33. The molecule has 0 N–H and O–H groups in total. The zero-order chi connectivity index (χ0) is 18.0. The quantitative estimate of drug-likeness (QED) is 0.841. The van der Waals surface area contributed by atoms with Crippen LogP contribution in [-0.2, 0) is 20.7 Å². The van der Waals surface area contributed by atoms with E-state index in [1.165, 1.54) is 0 Å². The van der Waals surface area contributed by atoms with Crippen LogP contribution in [0.3, 0.4) is 0 Å². The number of nitrogens with zero attached hydrogens (tertiary/aromatic N) is 2. The number of rotatable bonds is 3. The van der Waals surface area contributed by atoms with Gasteiger partial charge in [0.2, 0.25) is 0 Å². The molecule has 6 heteroatoms. The Morgan fingerprint density at radius 3 is 2.48 bits per heavy atom. The molecule has 3 rings (SSSR count). The minimum Gasteiger partial charge on any atom is -0.444 e. The molecule has 2 aliphatic rings. The van der Waals surface area contributed by atoms with Gasteiger partial charge >= 0.3 is 6.09 Å². The molecular formula is C19H26N2O4. The maximum atomic E-state index is 12.7. The Balaban J connectivity index is 1.66. The number of ether oxygens (including phenoxy) is 2. The number of pyridine rings is 1. The number of Topliss-reactive ketones (excluding diaryl/α,β-unsaturated/α-hetero) is 1. The van der Waals surface area contributed by atoms with E-state index in [2.05, 4.69) is 4.98 Å². The van der Waals surface area contributed by atoms with Crippen LogP contribution in [0.15, 0.2) is 24.4 Å². The first kappa shape index (κ1) is 17.9. The maximum absolute atomic E-state index is 12.7. The summed E-state index contributed by atoms with van der Waals surface area (Å²) >= 11 is 0. The number of hydrogen-bond donors (Lipinski definition) is 0. The zero-order valence-electron chi connectivity index (χ0n) is 15.1. The molecule has 6 nitrogen and oxygen atoms in total. The lowest BCUT2D eigenvalue weighted by molar-refractivity contribution is -0.131. The van der Waals surface area contributed by atoms with Crippen molar-refractivity contribution in [3.63, 3.8) is 0 Å². The summed E-state index contributed by atoms with van der Waals surface area (Å²) in [6.07, 6.45) is 3.00. The number of morpholine rings is 1. The molecule has 2 unspecified atom stereocenters. The lowest BCUT2D eigenvalue weighted by Crippen LogP contribution is -2.60. The fraction of sp³-hybridized carbons (Fsp3) is 0.632. The lowest BCUT2D eigenvalue weighted by Gasteiger charge is -2.47. The first-order valence-electron chi connectivity index (χ1n) is 8.85. The van der Waals surface area contributed by atoms with Gasteiger partial charge in [0.25, 0.3) is 0 Å².